The van der Waals surface area contributed by atoms with Crippen molar-refractivity contribution >= 4 is 0 Å². The molecule has 0 saturated heterocycles. The topological polar surface area (TPSA) is 55.2 Å². The van der Waals surface area contributed by atoms with Crippen LogP contribution in [0, 0.1) is 12.7 Å². The highest BCUT2D eigenvalue weighted by Gasteiger charge is 2.13. The summed E-state index contributed by atoms with van der Waals surface area (Å²) in [7, 11) is 1.70. The van der Waals surface area contributed by atoms with Gasteiger partial charge < -0.3 is 9.84 Å². The van der Waals surface area contributed by atoms with Crippen LogP contribution in [0.25, 0.3) is 0 Å². The van der Waals surface area contributed by atoms with Crippen LogP contribution in [0.3, 0.4) is 0 Å². The van der Waals surface area contributed by atoms with E-state index < -0.39 is 0 Å². The highest BCUT2D eigenvalue weighted by Crippen LogP contribution is 2.29. The van der Waals surface area contributed by atoms with E-state index >= 15 is 0 Å². The van der Waals surface area contributed by atoms with Gasteiger partial charge in [-0.1, -0.05) is 245 Å². The Kier molecular flexibility index (Phi) is 32.2. The summed E-state index contributed by atoms with van der Waals surface area (Å²) in [4.78, 5) is 8.84. The monoisotopic (exact) mass is 1070 g/mol. The van der Waals surface area contributed by atoms with Crippen molar-refractivity contribution in [3.8, 4) is 5.75 Å². The van der Waals surface area contributed by atoms with E-state index in [1.165, 1.54) is 55.8 Å². The summed E-state index contributed by atoms with van der Waals surface area (Å²) in [6.45, 7) is 54.3. The lowest BCUT2D eigenvalue weighted by Crippen LogP contribution is -2.00. The van der Waals surface area contributed by atoms with Gasteiger partial charge in [-0.25, -0.2) is 4.39 Å². The Morgan fingerprint density at radius 2 is 0.744 bits per heavy atom. The lowest BCUT2D eigenvalue weighted by Gasteiger charge is -2.14. The van der Waals surface area contributed by atoms with Gasteiger partial charge in [0.1, 0.15) is 11.6 Å². The molecule has 0 saturated carbocycles. The van der Waals surface area contributed by atoms with Gasteiger partial charge in [0, 0.05) is 18.1 Å². The molecule has 6 rings (SSSR count). The van der Waals surface area contributed by atoms with Crippen molar-refractivity contribution < 1.29 is 14.2 Å². The number of rotatable bonds is 14. The van der Waals surface area contributed by atoms with Gasteiger partial charge in [0.25, 0.3) is 0 Å². The third-order valence-electron chi connectivity index (χ3n) is 14.2. The van der Waals surface area contributed by atoms with E-state index in [1.807, 2.05) is 38.4 Å². The smallest absolute Gasteiger partial charge is 0.140 e. The number of benzene rings is 4. The van der Waals surface area contributed by atoms with E-state index in [0.29, 0.717) is 65.1 Å². The quantitative estimate of drug-likeness (QED) is 0.118. The molecule has 2 heterocycles. The molecule has 1 N–H and O–H groups in total. The SMILES string of the molecule is CC(C)c1ccc(C(C)C)c(CO)c1.CC(C)c1ccc(C(C)C)c(F)c1.CC(C)c1ccc(C(C)C)cc1.CC(C)c1ccc(C(C)C)nc1.COc1cc(C(C)C)cnc1C(C)C.Cc1cc(C(C)C)ccc1C(C)C. The highest BCUT2D eigenvalue weighted by molar-refractivity contribution is 5.37. The van der Waals surface area contributed by atoms with Crippen molar-refractivity contribution in [1.82, 2.24) is 9.97 Å². The second kappa shape index (κ2) is 35.5. The third kappa shape index (κ3) is 24.5. The molecule has 6 aromatic rings. The molecule has 0 unspecified atom stereocenters. The summed E-state index contributed by atoms with van der Waals surface area (Å²) in [5, 5.41) is 9.27. The van der Waals surface area contributed by atoms with Crippen LogP contribution >= 0.6 is 0 Å². The van der Waals surface area contributed by atoms with Crippen molar-refractivity contribution in [2.75, 3.05) is 7.11 Å². The first kappa shape index (κ1) is 70.9. The molecule has 2 aromatic heterocycles. The molecule has 4 aromatic carbocycles. The molecule has 0 aliphatic carbocycles. The van der Waals surface area contributed by atoms with Crippen molar-refractivity contribution in [2.24, 2.45) is 0 Å². The van der Waals surface area contributed by atoms with Gasteiger partial charge in [0.2, 0.25) is 0 Å². The first-order chi connectivity index (χ1) is 36.4. The number of aliphatic hydroxyl groups is 1. The summed E-state index contributed by atoms with van der Waals surface area (Å²) < 4.78 is 18.8. The van der Waals surface area contributed by atoms with Crippen LogP contribution in [0.15, 0.2) is 109 Å². The molecule has 0 radical (unpaired) electrons. The largest absolute Gasteiger partial charge is 0.495 e. The third-order valence-corrected chi connectivity index (χ3v) is 14.2. The minimum absolute atomic E-state index is 0.0683. The number of aromatic nitrogens is 2. The Bertz CT molecular complexity index is 2340. The molecule has 432 valence electrons. The van der Waals surface area contributed by atoms with E-state index in [9.17, 15) is 9.50 Å². The molecule has 0 spiro atoms. The van der Waals surface area contributed by atoms with Gasteiger partial charge in [-0.15, -0.1) is 0 Å². The van der Waals surface area contributed by atoms with Crippen molar-refractivity contribution in [3.63, 3.8) is 0 Å². The van der Waals surface area contributed by atoms with Crippen LogP contribution in [-0.2, 0) is 6.61 Å². The van der Waals surface area contributed by atoms with E-state index in [2.05, 4.69) is 248 Å². The number of hydrogen-bond acceptors (Lipinski definition) is 4. The fraction of sp³-hybridized carbons (Fsp3) is 0.534. The Hall–Kier alpha value is -5.13. The van der Waals surface area contributed by atoms with E-state index in [4.69, 9.17) is 4.74 Å². The number of aryl methyl sites for hydroxylation is 1. The molecule has 0 bridgehead atoms. The van der Waals surface area contributed by atoms with E-state index in [1.54, 1.807) is 13.2 Å². The Labute approximate surface area is 478 Å². The van der Waals surface area contributed by atoms with Crippen LogP contribution < -0.4 is 4.74 Å². The number of halogens is 1. The minimum Gasteiger partial charge on any atom is -0.495 e. The lowest BCUT2D eigenvalue weighted by molar-refractivity contribution is 0.280. The first-order valence-electron chi connectivity index (χ1n) is 29.6. The van der Waals surface area contributed by atoms with Crippen LogP contribution in [0.1, 0.15) is 315 Å². The Morgan fingerprint density at radius 3 is 1.08 bits per heavy atom. The molecule has 0 aliphatic rings. The summed E-state index contributed by atoms with van der Waals surface area (Å²) >= 11 is 0. The lowest BCUT2D eigenvalue weighted by atomic mass is 9.92. The molecule has 0 aliphatic heterocycles. The molecular weight excluding hydrogens is 956 g/mol. The van der Waals surface area contributed by atoms with Crippen LogP contribution in [0.5, 0.6) is 5.75 Å². The van der Waals surface area contributed by atoms with Crippen molar-refractivity contribution in [2.45, 2.75) is 251 Å². The molecule has 0 atom stereocenters. The number of nitrogens with zero attached hydrogens (tertiary/aromatic N) is 2. The van der Waals surface area contributed by atoms with Crippen LogP contribution in [0.2, 0.25) is 0 Å². The zero-order valence-corrected chi connectivity index (χ0v) is 54.2. The summed E-state index contributed by atoms with van der Waals surface area (Å²) in [6.07, 6.45) is 3.93. The van der Waals surface area contributed by atoms with Gasteiger partial charge in [0.15, 0.2) is 0 Å². The number of pyridine rings is 2. The molecule has 78 heavy (non-hydrogen) atoms. The van der Waals surface area contributed by atoms with Crippen LogP contribution in [-0.4, -0.2) is 22.2 Å². The van der Waals surface area contributed by atoms with E-state index in [-0.39, 0.29) is 18.3 Å². The van der Waals surface area contributed by atoms with Gasteiger partial charge in [-0.2, -0.15) is 0 Å². The van der Waals surface area contributed by atoms with Gasteiger partial charge in [0.05, 0.1) is 19.4 Å². The number of ether oxygens (including phenoxy) is 1. The maximum absolute atomic E-state index is 13.5. The molecule has 4 nitrogen and oxygen atoms in total. The minimum atomic E-state index is -0.0683. The maximum Gasteiger partial charge on any atom is 0.140 e. The average molecular weight is 1070 g/mol. The summed E-state index contributed by atoms with van der Waals surface area (Å²) in [5.74, 6) is 7.11. The summed E-state index contributed by atoms with van der Waals surface area (Å²) in [5.41, 5.74) is 17.5. The number of aliphatic hydroxyl groups excluding tert-OH is 1. The molecule has 0 amide bonds. The zero-order valence-electron chi connectivity index (χ0n) is 54.2. The Balaban J connectivity index is 0.000000468. The van der Waals surface area contributed by atoms with E-state index in [0.717, 1.165) is 28.1 Å². The van der Waals surface area contributed by atoms with Gasteiger partial charge in [-0.3, -0.25) is 9.97 Å². The van der Waals surface area contributed by atoms with Gasteiger partial charge in [-0.05, 0) is 163 Å². The molecule has 0 fully saturated rings. The highest BCUT2D eigenvalue weighted by atomic mass is 19.1. The second-order valence-corrected chi connectivity index (χ2v) is 24.9. The van der Waals surface area contributed by atoms with Gasteiger partial charge >= 0.3 is 0 Å². The second-order valence-electron chi connectivity index (χ2n) is 24.9. The first-order valence-corrected chi connectivity index (χ1v) is 29.6. The predicted molar refractivity (Wildman–Crippen MR) is 340 cm³/mol. The molecular formula is C73H111FN2O2. The van der Waals surface area contributed by atoms with Crippen molar-refractivity contribution in [3.05, 3.63) is 193 Å². The van der Waals surface area contributed by atoms with Crippen molar-refractivity contribution in [1.29, 1.82) is 0 Å². The zero-order chi connectivity index (χ0) is 59.7. The molecule has 5 heteroatoms. The fourth-order valence-electron chi connectivity index (χ4n) is 8.51. The number of hydrogen-bond donors (Lipinski definition) is 1. The number of methoxy groups -OCH3 is 1. The Morgan fingerprint density at radius 1 is 0.372 bits per heavy atom. The summed E-state index contributed by atoms with van der Waals surface area (Å²) in [6, 6.07) is 34.2. The maximum atomic E-state index is 13.5. The average Bonchev–Trinajstić information content (AvgIpc) is 3.38. The van der Waals surface area contributed by atoms with Crippen LogP contribution in [0.4, 0.5) is 4.39 Å². The predicted octanol–water partition coefficient (Wildman–Crippen LogP) is 22.3. The fourth-order valence-corrected chi connectivity index (χ4v) is 8.51. The standard InChI is InChI=1S/C13H20O.C13H20.C12H17F.C12H19NO.C12H18.C11H17N/c1-9(2)11-5-6-13(10(3)4)12(7-11)8-14;1-9(2)12-6-7-13(10(3)4)11(5)8-12;1-8(2)10-5-6-11(9(3)4)12(13)7-10;1-8(2)10-6-11(14-5)12(9(3)4)13-7-10;1-9(2)11-5-7-12(8-6-11)10(3)4;1-8(2)10-5-6-11(9(3)4)12-7-10/h5-7,9-10,14H,8H2,1-4H3;6-10H,1-5H3;5-9H,1-4H3;6-9H,1-5H3;5-10H,1-4H3;5-9H,1-4H3. The normalized spacial score (nSPS) is 11.2.